The smallest absolute Gasteiger partial charge is 0.191 e. The van der Waals surface area contributed by atoms with Crippen molar-refractivity contribution in [1.29, 1.82) is 0 Å². The first-order valence-corrected chi connectivity index (χ1v) is 9.34. The van der Waals surface area contributed by atoms with Crippen LogP contribution in [-0.4, -0.2) is 38.1 Å². The molecule has 0 amide bonds. The number of hydrogen-bond acceptors (Lipinski definition) is 3. The van der Waals surface area contributed by atoms with E-state index < -0.39 is 0 Å². The van der Waals surface area contributed by atoms with Crippen molar-refractivity contribution in [2.45, 2.75) is 52.0 Å². The van der Waals surface area contributed by atoms with Crippen molar-refractivity contribution in [2.24, 2.45) is 10.9 Å². The Hall–Kier alpha value is -1.78. The first-order valence-electron chi connectivity index (χ1n) is 9.34. The molecule has 1 aromatic rings. The van der Waals surface area contributed by atoms with Crippen LogP contribution in [0.5, 0.6) is 0 Å². The third-order valence-corrected chi connectivity index (χ3v) is 4.55. The zero-order valence-corrected chi connectivity index (χ0v) is 15.5. The summed E-state index contributed by atoms with van der Waals surface area (Å²) in [6, 6.07) is 6.08. The van der Waals surface area contributed by atoms with E-state index in [0.29, 0.717) is 6.54 Å². The van der Waals surface area contributed by atoms with Crippen LogP contribution in [0.3, 0.4) is 0 Å². The number of pyridine rings is 1. The normalized spacial score (nSPS) is 15.5. The number of anilines is 1. The summed E-state index contributed by atoms with van der Waals surface area (Å²) in [7, 11) is 4.01. The molecular weight excluding hydrogens is 298 g/mol. The Bertz CT molecular complexity index is 506. The van der Waals surface area contributed by atoms with Crippen LogP contribution < -0.4 is 15.5 Å². The van der Waals surface area contributed by atoms with Crippen molar-refractivity contribution in [3.63, 3.8) is 0 Å². The van der Waals surface area contributed by atoms with Gasteiger partial charge in [0.15, 0.2) is 5.96 Å². The topological polar surface area (TPSA) is 52.6 Å². The van der Waals surface area contributed by atoms with Crippen molar-refractivity contribution in [2.75, 3.05) is 32.1 Å². The number of hydrogen-bond donors (Lipinski definition) is 2. The molecular formula is C19H33N5. The Morgan fingerprint density at radius 3 is 2.75 bits per heavy atom. The monoisotopic (exact) mass is 331 g/mol. The predicted octanol–water partition coefficient (Wildman–Crippen LogP) is 3.17. The molecule has 1 aliphatic rings. The lowest BCUT2D eigenvalue weighted by molar-refractivity contribution is 0.481. The number of nitrogens with zero attached hydrogens (tertiary/aromatic N) is 3. The molecule has 0 bridgehead atoms. The summed E-state index contributed by atoms with van der Waals surface area (Å²) < 4.78 is 0. The van der Waals surface area contributed by atoms with E-state index in [1.807, 2.05) is 37.2 Å². The molecule has 0 saturated heterocycles. The van der Waals surface area contributed by atoms with Gasteiger partial charge in [-0.3, -0.25) is 0 Å². The van der Waals surface area contributed by atoms with Gasteiger partial charge < -0.3 is 15.5 Å². The highest BCUT2D eigenvalue weighted by Gasteiger charge is 2.13. The van der Waals surface area contributed by atoms with Gasteiger partial charge in [-0.1, -0.05) is 31.7 Å². The Morgan fingerprint density at radius 2 is 2.04 bits per heavy atom. The molecule has 0 spiro atoms. The summed E-state index contributed by atoms with van der Waals surface area (Å²) in [5.41, 5.74) is 0.990. The van der Waals surface area contributed by atoms with Crippen molar-refractivity contribution in [3.05, 3.63) is 23.9 Å². The summed E-state index contributed by atoms with van der Waals surface area (Å²) in [6.07, 6.45) is 8.30. The van der Waals surface area contributed by atoms with Crippen LogP contribution in [0.15, 0.2) is 23.2 Å². The lowest BCUT2D eigenvalue weighted by Gasteiger charge is -2.14. The van der Waals surface area contributed by atoms with Crippen LogP contribution >= 0.6 is 0 Å². The minimum atomic E-state index is 0.597. The molecule has 5 nitrogen and oxygen atoms in total. The standard InChI is InChI=1S/C19H33N5/c1-4-20-19(21-14-8-11-16-9-5-6-10-16)22-15-17-12-7-13-18(23-17)24(2)3/h7,12-13,16H,4-6,8-11,14-15H2,1-3H3,(H2,20,21,22). The van der Waals surface area contributed by atoms with E-state index >= 15 is 0 Å². The number of aliphatic imine (C=N–C) groups is 1. The SMILES string of the molecule is CCNC(=NCc1cccc(N(C)C)n1)NCCCC1CCCC1. The fourth-order valence-corrected chi connectivity index (χ4v) is 3.20. The molecule has 0 aliphatic heterocycles. The van der Waals surface area contributed by atoms with E-state index in [1.165, 1.54) is 38.5 Å². The third-order valence-electron chi connectivity index (χ3n) is 4.55. The van der Waals surface area contributed by atoms with Gasteiger partial charge >= 0.3 is 0 Å². The second kappa shape index (κ2) is 10.2. The molecule has 0 unspecified atom stereocenters. The zero-order chi connectivity index (χ0) is 17.2. The second-order valence-corrected chi connectivity index (χ2v) is 6.80. The van der Waals surface area contributed by atoms with E-state index in [4.69, 9.17) is 0 Å². The summed E-state index contributed by atoms with van der Waals surface area (Å²) in [4.78, 5) is 11.3. The van der Waals surface area contributed by atoms with Gasteiger partial charge in [0, 0.05) is 27.2 Å². The predicted molar refractivity (Wildman–Crippen MR) is 103 cm³/mol. The number of nitrogens with one attached hydrogen (secondary N) is 2. The van der Waals surface area contributed by atoms with Crippen molar-refractivity contribution in [3.8, 4) is 0 Å². The average molecular weight is 332 g/mol. The van der Waals surface area contributed by atoms with Crippen LogP contribution in [0.1, 0.15) is 51.1 Å². The molecule has 1 aromatic heterocycles. The summed E-state index contributed by atoms with van der Waals surface area (Å²) >= 11 is 0. The fourth-order valence-electron chi connectivity index (χ4n) is 3.20. The minimum Gasteiger partial charge on any atom is -0.363 e. The number of guanidine groups is 1. The molecule has 0 aromatic carbocycles. The third kappa shape index (κ3) is 6.38. The maximum atomic E-state index is 4.67. The first-order chi connectivity index (χ1) is 11.7. The Kier molecular flexibility index (Phi) is 7.86. The van der Waals surface area contributed by atoms with Crippen LogP contribution in [0.4, 0.5) is 5.82 Å². The van der Waals surface area contributed by atoms with Crippen LogP contribution in [-0.2, 0) is 6.54 Å². The van der Waals surface area contributed by atoms with Gasteiger partial charge in [-0.05, 0) is 37.8 Å². The van der Waals surface area contributed by atoms with E-state index in [1.54, 1.807) is 0 Å². The molecule has 2 rings (SSSR count). The molecule has 24 heavy (non-hydrogen) atoms. The van der Waals surface area contributed by atoms with Gasteiger partial charge in [0.1, 0.15) is 5.82 Å². The summed E-state index contributed by atoms with van der Waals surface area (Å²) in [5, 5.41) is 6.77. The quantitative estimate of drug-likeness (QED) is 0.436. The number of aromatic nitrogens is 1. The molecule has 0 atom stereocenters. The fraction of sp³-hybridized carbons (Fsp3) is 0.684. The molecule has 2 N–H and O–H groups in total. The maximum Gasteiger partial charge on any atom is 0.191 e. The first kappa shape index (κ1) is 18.6. The highest BCUT2D eigenvalue weighted by molar-refractivity contribution is 5.79. The van der Waals surface area contributed by atoms with E-state index in [2.05, 4.69) is 27.5 Å². The van der Waals surface area contributed by atoms with Crippen molar-refractivity contribution in [1.82, 2.24) is 15.6 Å². The summed E-state index contributed by atoms with van der Waals surface area (Å²) in [6.45, 7) is 4.56. The Labute approximate surface area is 147 Å². The Balaban J connectivity index is 1.79. The zero-order valence-electron chi connectivity index (χ0n) is 15.5. The van der Waals surface area contributed by atoms with Gasteiger partial charge in [0.2, 0.25) is 0 Å². The molecule has 0 radical (unpaired) electrons. The highest BCUT2D eigenvalue weighted by Crippen LogP contribution is 2.28. The summed E-state index contributed by atoms with van der Waals surface area (Å²) in [5.74, 6) is 2.82. The molecule has 5 heteroatoms. The lowest BCUT2D eigenvalue weighted by Crippen LogP contribution is -2.37. The van der Waals surface area contributed by atoms with Gasteiger partial charge in [-0.15, -0.1) is 0 Å². The van der Waals surface area contributed by atoms with Crippen LogP contribution in [0, 0.1) is 5.92 Å². The van der Waals surface area contributed by atoms with Gasteiger partial charge in [0.05, 0.1) is 12.2 Å². The second-order valence-electron chi connectivity index (χ2n) is 6.80. The van der Waals surface area contributed by atoms with E-state index in [0.717, 1.165) is 36.5 Å². The largest absolute Gasteiger partial charge is 0.363 e. The molecule has 1 heterocycles. The van der Waals surface area contributed by atoms with Crippen LogP contribution in [0.2, 0.25) is 0 Å². The van der Waals surface area contributed by atoms with E-state index in [-0.39, 0.29) is 0 Å². The van der Waals surface area contributed by atoms with Crippen molar-refractivity contribution >= 4 is 11.8 Å². The maximum absolute atomic E-state index is 4.67. The van der Waals surface area contributed by atoms with E-state index in [9.17, 15) is 0 Å². The lowest BCUT2D eigenvalue weighted by atomic mass is 10.0. The van der Waals surface area contributed by atoms with Gasteiger partial charge in [0.25, 0.3) is 0 Å². The molecule has 1 aliphatic carbocycles. The highest BCUT2D eigenvalue weighted by atomic mass is 15.2. The minimum absolute atomic E-state index is 0.597. The van der Waals surface area contributed by atoms with Crippen LogP contribution in [0.25, 0.3) is 0 Å². The Morgan fingerprint density at radius 1 is 1.25 bits per heavy atom. The number of rotatable bonds is 8. The van der Waals surface area contributed by atoms with Crippen molar-refractivity contribution < 1.29 is 0 Å². The molecule has 134 valence electrons. The molecule has 1 fully saturated rings. The molecule has 1 saturated carbocycles. The van der Waals surface area contributed by atoms with Gasteiger partial charge in [-0.25, -0.2) is 9.98 Å². The average Bonchev–Trinajstić information content (AvgIpc) is 3.10. The van der Waals surface area contributed by atoms with Gasteiger partial charge in [-0.2, -0.15) is 0 Å².